The van der Waals surface area contributed by atoms with Crippen molar-refractivity contribution >= 4 is 17.7 Å². The monoisotopic (exact) mass is 443 g/mol. The molecule has 2 rings (SSSR count). The Hall–Kier alpha value is -2.49. The van der Waals surface area contributed by atoms with Gasteiger partial charge in [-0.1, -0.05) is 12.1 Å². The molecule has 0 radical (unpaired) electrons. The van der Waals surface area contributed by atoms with Crippen molar-refractivity contribution in [3.05, 3.63) is 29.8 Å². The summed E-state index contributed by atoms with van der Waals surface area (Å²) in [5.41, 5.74) is 1.15. The highest BCUT2D eigenvalue weighted by Crippen LogP contribution is 2.20. The van der Waals surface area contributed by atoms with Gasteiger partial charge in [0, 0.05) is 38.4 Å². The first kappa shape index (κ1) is 24.8. The molecule has 1 amide bonds. The lowest BCUT2D eigenvalue weighted by molar-refractivity contribution is -0.143. The fourth-order valence-corrected chi connectivity index (χ4v) is 3.24. The fourth-order valence-electron chi connectivity index (χ4n) is 3.24. The van der Waals surface area contributed by atoms with Crippen LogP contribution >= 0.6 is 0 Å². The zero-order valence-corrected chi connectivity index (χ0v) is 18.5. The van der Waals surface area contributed by atoms with E-state index in [1.807, 2.05) is 12.1 Å². The second-order valence-electron chi connectivity index (χ2n) is 8.55. The molecule has 1 heterocycles. The molecular weight excluding hydrogens is 411 g/mol. The van der Waals surface area contributed by atoms with Crippen molar-refractivity contribution in [2.45, 2.75) is 51.4 Å². The first-order valence-corrected chi connectivity index (χ1v) is 10.3. The van der Waals surface area contributed by atoms with Crippen LogP contribution in [0.1, 0.15) is 32.8 Å². The van der Waals surface area contributed by atoms with Gasteiger partial charge < -0.3 is 15.4 Å². The molecule has 1 unspecified atom stereocenters. The summed E-state index contributed by atoms with van der Waals surface area (Å²) in [5, 5.41) is 9.06. The zero-order valence-electron chi connectivity index (χ0n) is 18.5. The standard InChI is InChI=1S/C21H32F3N5O2/c1-20(2,3)31-19(30)28-16-7-5-15(6-8-16)9-11-26-18(25-4)27-17-10-12-29(13-17)14-21(22,23)24/h5-8,17H,9-14H2,1-4H3,(H,28,30)(H2,25,26,27). The van der Waals surface area contributed by atoms with Crippen LogP contribution in [0.15, 0.2) is 29.3 Å². The van der Waals surface area contributed by atoms with Gasteiger partial charge in [0.2, 0.25) is 0 Å². The molecule has 1 aliphatic heterocycles. The molecule has 0 aromatic heterocycles. The molecule has 0 spiro atoms. The van der Waals surface area contributed by atoms with Gasteiger partial charge >= 0.3 is 12.3 Å². The SMILES string of the molecule is CN=C(NCCc1ccc(NC(=O)OC(C)(C)C)cc1)NC1CCN(CC(F)(F)F)C1. The number of rotatable bonds is 6. The van der Waals surface area contributed by atoms with Crippen molar-refractivity contribution in [1.82, 2.24) is 15.5 Å². The van der Waals surface area contributed by atoms with Gasteiger partial charge in [-0.2, -0.15) is 13.2 Å². The minimum Gasteiger partial charge on any atom is -0.444 e. The molecule has 1 aliphatic rings. The van der Waals surface area contributed by atoms with Gasteiger partial charge in [0.15, 0.2) is 5.96 Å². The third-order valence-electron chi connectivity index (χ3n) is 4.55. The van der Waals surface area contributed by atoms with Crippen molar-refractivity contribution < 1.29 is 22.7 Å². The minimum absolute atomic E-state index is 0.0632. The molecule has 174 valence electrons. The van der Waals surface area contributed by atoms with Crippen LogP contribution in [0.2, 0.25) is 0 Å². The number of aliphatic imine (C=N–C) groups is 1. The van der Waals surface area contributed by atoms with E-state index in [0.29, 0.717) is 37.7 Å². The number of nitrogens with one attached hydrogen (secondary N) is 3. The highest BCUT2D eigenvalue weighted by atomic mass is 19.4. The molecule has 7 nitrogen and oxygen atoms in total. The van der Waals surface area contributed by atoms with Crippen molar-refractivity contribution in [1.29, 1.82) is 0 Å². The van der Waals surface area contributed by atoms with E-state index in [4.69, 9.17) is 4.74 Å². The van der Waals surface area contributed by atoms with Crippen LogP contribution in [0.25, 0.3) is 0 Å². The number of hydrogen-bond donors (Lipinski definition) is 3. The second kappa shape index (κ2) is 10.7. The molecule has 10 heteroatoms. The van der Waals surface area contributed by atoms with E-state index < -0.39 is 24.4 Å². The summed E-state index contributed by atoms with van der Waals surface area (Å²) in [6.45, 7) is 5.89. The number of halogens is 3. The minimum atomic E-state index is -4.17. The first-order valence-electron chi connectivity index (χ1n) is 10.3. The van der Waals surface area contributed by atoms with Crippen molar-refractivity contribution in [3.8, 4) is 0 Å². The van der Waals surface area contributed by atoms with Crippen LogP contribution in [0.4, 0.5) is 23.7 Å². The smallest absolute Gasteiger partial charge is 0.412 e. The second-order valence-corrected chi connectivity index (χ2v) is 8.55. The molecule has 31 heavy (non-hydrogen) atoms. The van der Waals surface area contributed by atoms with Gasteiger partial charge in [-0.25, -0.2) is 4.79 Å². The molecular formula is C21H32F3N5O2. The lowest BCUT2D eigenvalue weighted by atomic mass is 10.1. The summed E-state index contributed by atoms with van der Waals surface area (Å²) in [7, 11) is 1.63. The average molecular weight is 444 g/mol. The number of ether oxygens (including phenoxy) is 1. The summed E-state index contributed by atoms with van der Waals surface area (Å²) in [4.78, 5) is 17.4. The van der Waals surface area contributed by atoms with Crippen LogP contribution in [-0.2, 0) is 11.2 Å². The number of carbonyl (C=O) groups excluding carboxylic acids is 1. The quantitative estimate of drug-likeness (QED) is 0.464. The summed E-state index contributed by atoms with van der Waals surface area (Å²) in [6.07, 6.45) is -3.31. The van der Waals surface area contributed by atoms with E-state index >= 15 is 0 Å². The Morgan fingerprint density at radius 3 is 2.48 bits per heavy atom. The molecule has 0 saturated carbocycles. The highest BCUT2D eigenvalue weighted by molar-refractivity contribution is 5.84. The van der Waals surface area contributed by atoms with E-state index in [1.165, 1.54) is 4.90 Å². The van der Waals surface area contributed by atoms with Gasteiger partial charge in [-0.3, -0.25) is 15.2 Å². The molecule has 1 fully saturated rings. The lowest BCUT2D eigenvalue weighted by Crippen LogP contribution is -2.45. The normalized spacial score (nSPS) is 18.0. The number of alkyl halides is 3. The Morgan fingerprint density at radius 2 is 1.90 bits per heavy atom. The molecule has 1 aromatic rings. The van der Waals surface area contributed by atoms with Crippen molar-refractivity contribution in [2.24, 2.45) is 4.99 Å². The number of anilines is 1. The number of hydrogen-bond acceptors (Lipinski definition) is 4. The summed E-state index contributed by atoms with van der Waals surface area (Å²) in [5.74, 6) is 0.571. The van der Waals surface area contributed by atoms with Crippen LogP contribution in [0.3, 0.4) is 0 Å². The van der Waals surface area contributed by atoms with Gasteiger partial charge in [-0.15, -0.1) is 0 Å². The van der Waals surface area contributed by atoms with Crippen LogP contribution in [0, 0.1) is 0 Å². The first-order chi connectivity index (χ1) is 14.4. The Balaban J connectivity index is 1.72. The predicted molar refractivity (Wildman–Crippen MR) is 115 cm³/mol. The largest absolute Gasteiger partial charge is 0.444 e. The topological polar surface area (TPSA) is 78.0 Å². The maximum Gasteiger partial charge on any atom is 0.412 e. The number of guanidine groups is 1. The summed E-state index contributed by atoms with van der Waals surface area (Å²) >= 11 is 0. The van der Waals surface area contributed by atoms with E-state index in [-0.39, 0.29) is 6.04 Å². The molecule has 0 bridgehead atoms. The molecule has 0 aliphatic carbocycles. The van der Waals surface area contributed by atoms with Gasteiger partial charge in [0.25, 0.3) is 0 Å². The maximum absolute atomic E-state index is 12.5. The molecule has 1 aromatic carbocycles. The van der Waals surface area contributed by atoms with Crippen LogP contribution in [-0.4, -0.2) is 68.0 Å². The van der Waals surface area contributed by atoms with Gasteiger partial charge in [-0.05, 0) is 51.3 Å². The summed E-state index contributed by atoms with van der Waals surface area (Å²) in [6, 6.07) is 7.37. The zero-order chi connectivity index (χ0) is 23.1. The number of nitrogens with zero attached hydrogens (tertiary/aromatic N) is 2. The molecule has 3 N–H and O–H groups in total. The number of likely N-dealkylation sites (tertiary alicyclic amines) is 1. The Kier molecular flexibility index (Phi) is 8.55. The van der Waals surface area contributed by atoms with Gasteiger partial charge in [0.1, 0.15) is 5.60 Å². The van der Waals surface area contributed by atoms with Gasteiger partial charge in [0.05, 0.1) is 6.54 Å². The van der Waals surface area contributed by atoms with E-state index in [9.17, 15) is 18.0 Å². The highest BCUT2D eigenvalue weighted by Gasteiger charge is 2.34. The van der Waals surface area contributed by atoms with E-state index in [0.717, 1.165) is 12.0 Å². The Morgan fingerprint density at radius 1 is 1.23 bits per heavy atom. The van der Waals surface area contributed by atoms with Crippen molar-refractivity contribution in [3.63, 3.8) is 0 Å². The van der Waals surface area contributed by atoms with Crippen LogP contribution < -0.4 is 16.0 Å². The van der Waals surface area contributed by atoms with E-state index in [2.05, 4.69) is 20.9 Å². The molecule has 1 atom stereocenters. The molecule has 1 saturated heterocycles. The number of benzene rings is 1. The Labute approximate surface area is 181 Å². The number of carbonyl (C=O) groups is 1. The average Bonchev–Trinajstić information content (AvgIpc) is 3.05. The fraction of sp³-hybridized carbons (Fsp3) is 0.619. The third-order valence-corrected chi connectivity index (χ3v) is 4.55. The van der Waals surface area contributed by atoms with Crippen LogP contribution in [0.5, 0.6) is 0 Å². The van der Waals surface area contributed by atoms with Crippen molar-refractivity contribution in [2.75, 3.05) is 38.5 Å². The summed E-state index contributed by atoms with van der Waals surface area (Å²) < 4.78 is 42.8. The maximum atomic E-state index is 12.5. The Bertz CT molecular complexity index is 745. The number of amides is 1. The predicted octanol–water partition coefficient (Wildman–Crippen LogP) is 3.38. The lowest BCUT2D eigenvalue weighted by Gasteiger charge is -2.20. The van der Waals surface area contributed by atoms with E-state index in [1.54, 1.807) is 40.0 Å². The third kappa shape index (κ3) is 9.91.